The van der Waals surface area contributed by atoms with Crippen LogP contribution >= 0.6 is 24.0 Å². The lowest BCUT2D eigenvalue weighted by Gasteiger charge is -2.22. The van der Waals surface area contributed by atoms with Crippen LogP contribution < -0.4 is 15.4 Å². The number of aliphatic imine (C=N–C) groups is 1. The molecule has 0 aliphatic heterocycles. The van der Waals surface area contributed by atoms with E-state index in [4.69, 9.17) is 9.15 Å². The molecule has 28 heavy (non-hydrogen) atoms. The second-order valence-corrected chi connectivity index (χ2v) is 7.28. The van der Waals surface area contributed by atoms with Gasteiger partial charge < -0.3 is 24.9 Å². The van der Waals surface area contributed by atoms with Crippen LogP contribution in [0, 0.1) is 0 Å². The maximum absolute atomic E-state index is 10.6. The normalized spacial score (nSPS) is 17.2. The van der Waals surface area contributed by atoms with Crippen LogP contribution in [0.15, 0.2) is 52.1 Å². The van der Waals surface area contributed by atoms with E-state index in [1.807, 2.05) is 19.1 Å². The highest BCUT2D eigenvalue weighted by molar-refractivity contribution is 14.0. The molecular formula is C21H30IN3O3. The smallest absolute Gasteiger partial charge is 0.191 e. The number of nitrogens with zero attached hydrogens (tertiary/aromatic N) is 1. The van der Waals surface area contributed by atoms with Crippen LogP contribution in [0.4, 0.5) is 0 Å². The van der Waals surface area contributed by atoms with Crippen LogP contribution in [0.25, 0.3) is 0 Å². The Balaban J connectivity index is 0.00000280. The van der Waals surface area contributed by atoms with Gasteiger partial charge in [0.1, 0.15) is 17.1 Å². The Labute approximate surface area is 183 Å². The first-order valence-corrected chi connectivity index (χ1v) is 9.43. The molecule has 0 bridgehead atoms. The van der Waals surface area contributed by atoms with Gasteiger partial charge in [0.15, 0.2) is 5.96 Å². The molecule has 1 aliphatic rings. The number of hydrogen-bond donors (Lipinski definition) is 3. The van der Waals surface area contributed by atoms with Gasteiger partial charge in [0.05, 0.1) is 19.9 Å². The van der Waals surface area contributed by atoms with Crippen molar-refractivity contribution < 1.29 is 14.3 Å². The Hall–Kier alpha value is -1.74. The highest BCUT2D eigenvalue weighted by Crippen LogP contribution is 2.50. The number of aliphatic hydroxyl groups is 1. The van der Waals surface area contributed by atoms with Gasteiger partial charge in [0, 0.05) is 24.1 Å². The van der Waals surface area contributed by atoms with E-state index < -0.39 is 5.60 Å². The van der Waals surface area contributed by atoms with Crippen LogP contribution in [0.1, 0.15) is 38.0 Å². The summed E-state index contributed by atoms with van der Waals surface area (Å²) in [7, 11) is 1.71. The molecule has 0 spiro atoms. The molecule has 154 valence electrons. The molecule has 1 aromatic carbocycles. The third-order valence-electron chi connectivity index (χ3n) is 5.07. The third kappa shape index (κ3) is 5.20. The first-order valence-electron chi connectivity index (χ1n) is 9.43. The molecular weight excluding hydrogens is 469 g/mol. The second-order valence-electron chi connectivity index (χ2n) is 7.28. The van der Waals surface area contributed by atoms with Gasteiger partial charge in [-0.3, -0.25) is 0 Å². The van der Waals surface area contributed by atoms with Crippen molar-refractivity contribution in [2.45, 2.75) is 37.7 Å². The van der Waals surface area contributed by atoms with Crippen molar-refractivity contribution in [3.05, 3.63) is 54.0 Å². The van der Waals surface area contributed by atoms with Crippen LogP contribution in [0.3, 0.4) is 0 Å². The molecule has 7 heteroatoms. The lowest BCUT2D eigenvalue weighted by atomic mass is 9.95. The van der Waals surface area contributed by atoms with Crippen molar-refractivity contribution in [1.29, 1.82) is 0 Å². The summed E-state index contributed by atoms with van der Waals surface area (Å²) in [5.74, 6) is 2.12. The molecule has 3 N–H and O–H groups in total. The summed E-state index contributed by atoms with van der Waals surface area (Å²) >= 11 is 0. The monoisotopic (exact) mass is 499 g/mol. The number of ether oxygens (including phenoxy) is 1. The molecule has 1 unspecified atom stereocenters. The number of para-hydroxylation sites is 1. The zero-order chi connectivity index (χ0) is 19.3. The lowest BCUT2D eigenvalue weighted by molar-refractivity contribution is 0.0437. The summed E-state index contributed by atoms with van der Waals surface area (Å²) in [5, 5.41) is 17.3. The van der Waals surface area contributed by atoms with E-state index in [9.17, 15) is 5.11 Å². The largest absolute Gasteiger partial charge is 0.496 e. The summed E-state index contributed by atoms with van der Waals surface area (Å²) in [4.78, 5) is 4.56. The molecule has 1 atom stereocenters. The van der Waals surface area contributed by atoms with Crippen LogP contribution in [-0.2, 0) is 11.0 Å². The molecule has 1 aliphatic carbocycles. The van der Waals surface area contributed by atoms with E-state index in [1.165, 1.54) is 5.56 Å². The molecule has 1 saturated carbocycles. The molecule has 2 aromatic rings. The molecule has 1 heterocycles. The number of halogens is 1. The number of benzene rings is 1. The van der Waals surface area contributed by atoms with Gasteiger partial charge in [-0.2, -0.15) is 0 Å². The Bertz CT molecular complexity index is 771. The van der Waals surface area contributed by atoms with Crippen LogP contribution in [-0.4, -0.2) is 37.8 Å². The lowest BCUT2D eigenvalue weighted by Crippen LogP contribution is -2.42. The average molecular weight is 499 g/mol. The SMILES string of the molecule is CCNC(=NCC(C)(O)c1ccco1)NCC1(c2ccccc2OC)CC1.I. The number of rotatable bonds is 8. The Morgan fingerprint density at radius 3 is 2.61 bits per heavy atom. The first kappa shape index (κ1) is 22.5. The van der Waals surface area contributed by atoms with E-state index >= 15 is 0 Å². The summed E-state index contributed by atoms with van der Waals surface area (Å²) < 4.78 is 10.9. The quantitative estimate of drug-likeness (QED) is 0.295. The highest BCUT2D eigenvalue weighted by atomic mass is 127. The van der Waals surface area contributed by atoms with E-state index in [0.29, 0.717) is 11.7 Å². The fraction of sp³-hybridized carbons (Fsp3) is 0.476. The predicted octanol–water partition coefficient (Wildman–Crippen LogP) is 3.40. The number of hydrogen-bond acceptors (Lipinski definition) is 4. The Kier molecular flexibility index (Phi) is 7.77. The van der Waals surface area contributed by atoms with Crippen molar-refractivity contribution >= 4 is 29.9 Å². The van der Waals surface area contributed by atoms with Crippen molar-refractivity contribution in [2.24, 2.45) is 4.99 Å². The molecule has 6 nitrogen and oxygen atoms in total. The molecule has 3 rings (SSSR count). The third-order valence-corrected chi connectivity index (χ3v) is 5.07. The zero-order valence-electron chi connectivity index (χ0n) is 16.7. The van der Waals surface area contributed by atoms with Crippen molar-refractivity contribution in [2.75, 3.05) is 26.7 Å². The summed E-state index contributed by atoms with van der Waals surface area (Å²) in [6.45, 7) is 5.45. The van der Waals surface area contributed by atoms with E-state index in [1.54, 1.807) is 32.4 Å². The number of methoxy groups -OCH3 is 1. The maximum atomic E-state index is 10.6. The van der Waals surface area contributed by atoms with Crippen LogP contribution in [0.2, 0.25) is 0 Å². The van der Waals surface area contributed by atoms with E-state index in [-0.39, 0.29) is 35.9 Å². The summed E-state index contributed by atoms with van der Waals surface area (Å²) in [6, 6.07) is 11.7. The fourth-order valence-corrected chi connectivity index (χ4v) is 3.27. The molecule has 1 fully saturated rings. The standard InChI is InChI=1S/C21H29N3O3.HI/c1-4-22-19(23-14-20(2,25)18-10-7-13-27-18)24-15-21(11-12-21)16-8-5-6-9-17(16)26-3;/h5-10,13,25H,4,11-12,14-15H2,1-3H3,(H2,22,23,24);1H. The second kappa shape index (κ2) is 9.65. The van der Waals surface area contributed by atoms with Gasteiger partial charge in [0.25, 0.3) is 0 Å². The van der Waals surface area contributed by atoms with Gasteiger partial charge in [-0.15, -0.1) is 24.0 Å². The van der Waals surface area contributed by atoms with Gasteiger partial charge in [0.2, 0.25) is 0 Å². The number of furan rings is 1. The van der Waals surface area contributed by atoms with Crippen molar-refractivity contribution in [3.63, 3.8) is 0 Å². The number of nitrogens with one attached hydrogen (secondary N) is 2. The Morgan fingerprint density at radius 2 is 2.00 bits per heavy atom. The summed E-state index contributed by atoms with van der Waals surface area (Å²) in [6.07, 6.45) is 3.79. The molecule has 0 radical (unpaired) electrons. The average Bonchev–Trinajstić information content (AvgIpc) is 3.24. The minimum Gasteiger partial charge on any atom is -0.496 e. The van der Waals surface area contributed by atoms with E-state index in [2.05, 4.69) is 27.8 Å². The van der Waals surface area contributed by atoms with Gasteiger partial charge in [-0.05, 0) is 44.9 Å². The van der Waals surface area contributed by atoms with Crippen molar-refractivity contribution in [3.8, 4) is 5.75 Å². The topological polar surface area (TPSA) is 79.0 Å². The molecule has 0 amide bonds. The molecule has 1 aromatic heterocycles. The van der Waals surface area contributed by atoms with Gasteiger partial charge >= 0.3 is 0 Å². The minimum absolute atomic E-state index is 0. The highest BCUT2D eigenvalue weighted by Gasteiger charge is 2.46. The maximum Gasteiger partial charge on any atom is 0.191 e. The van der Waals surface area contributed by atoms with Gasteiger partial charge in [-0.1, -0.05) is 18.2 Å². The van der Waals surface area contributed by atoms with Crippen LogP contribution in [0.5, 0.6) is 5.75 Å². The fourth-order valence-electron chi connectivity index (χ4n) is 3.27. The summed E-state index contributed by atoms with van der Waals surface area (Å²) in [5.41, 5.74) is 0.163. The van der Waals surface area contributed by atoms with E-state index in [0.717, 1.165) is 31.7 Å². The van der Waals surface area contributed by atoms with Gasteiger partial charge in [-0.25, -0.2) is 4.99 Å². The zero-order valence-corrected chi connectivity index (χ0v) is 19.0. The minimum atomic E-state index is -1.15. The predicted molar refractivity (Wildman–Crippen MR) is 122 cm³/mol. The molecule has 0 saturated heterocycles. The number of guanidine groups is 1. The first-order chi connectivity index (χ1) is 13.0. The van der Waals surface area contributed by atoms with Crippen molar-refractivity contribution in [1.82, 2.24) is 10.6 Å². The Morgan fingerprint density at radius 1 is 1.25 bits per heavy atom.